The predicted octanol–water partition coefficient (Wildman–Crippen LogP) is 1.17. The van der Waals surface area contributed by atoms with Crippen LogP contribution in [0.2, 0.25) is 0 Å². The maximum atomic E-state index is 11.7. The molecule has 0 amide bonds. The molecule has 7 heteroatoms. The Morgan fingerprint density at radius 3 is 2.83 bits per heavy atom. The molecule has 18 heavy (non-hydrogen) atoms. The van der Waals surface area contributed by atoms with Crippen molar-refractivity contribution in [2.24, 2.45) is 0 Å². The first kappa shape index (κ1) is 15.6. The molecule has 2 N–H and O–H groups in total. The zero-order valence-electron chi connectivity index (χ0n) is 10.8. The van der Waals surface area contributed by atoms with Crippen LogP contribution in [0.3, 0.4) is 0 Å². The summed E-state index contributed by atoms with van der Waals surface area (Å²) in [5.74, 6) is 0.316. The van der Waals surface area contributed by atoms with E-state index >= 15 is 0 Å². The van der Waals surface area contributed by atoms with Crippen molar-refractivity contribution in [2.75, 3.05) is 25.9 Å². The second-order valence-electron chi connectivity index (χ2n) is 4.25. The maximum Gasteiger partial charge on any atom is 0.211 e. The van der Waals surface area contributed by atoms with Gasteiger partial charge in [0, 0.05) is 24.0 Å². The highest BCUT2D eigenvalue weighted by Gasteiger charge is 2.14. The smallest absolute Gasteiger partial charge is 0.211 e. The van der Waals surface area contributed by atoms with Crippen LogP contribution in [0.15, 0.2) is 11.6 Å². The van der Waals surface area contributed by atoms with Crippen LogP contribution in [-0.2, 0) is 10.0 Å². The number of hydrogen-bond donors (Lipinski definition) is 2. The summed E-state index contributed by atoms with van der Waals surface area (Å²) >= 11 is 1.55. The van der Waals surface area contributed by atoms with E-state index in [4.69, 9.17) is 0 Å². The van der Waals surface area contributed by atoms with Crippen molar-refractivity contribution in [2.45, 2.75) is 25.7 Å². The molecule has 0 saturated carbocycles. The van der Waals surface area contributed by atoms with Crippen LogP contribution in [0.25, 0.3) is 0 Å². The molecule has 0 bridgehead atoms. The Morgan fingerprint density at radius 1 is 1.44 bits per heavy atom. The number of rotatable bonds is 9. The van der Waals surface area contributed by atoms with Gasteiger partial charge in [-0.15, -0.1) is 11.3 Å². The quantitative estimate of drug-likeness (QED) is 0.670. The van der Waals surface area contributed by atoms with Gasteiger partial charge in [0.25, 0.3) is 0 Å². The molecule has 0 aliphatic carbocycles. The highest BCUT2D eigenvalue weighted by atomic mass is 32.2. The average Bonchev–Trinajstić information content (AvgIpc) is 2.86. The summed E-state index contributed by atoms with van der Waals surface area (Å²) in [5, 5.41) is 5.87. The maximum absolute atomic E-state index is 11.7. The van der Waals surface area contributed by atoms with Gasteiger partial charge in [-0.3, -0.25) is 0 Å². The molecule has 0 fully saturated rings. The molecule has 104 valence electrons. The molecule has 1 atom stereocenters. The van der Waals surface area contributed by atoms with Crippen LogP contribution in [0.5, 0.6) is 0 Å². The lowest BCUT2D eigenvalue weighted by Gasteiger charge is -2.10. The minimum Gasteiger partial charge on any atom is -0.320 e. The van der Waals surface area contributed by atoms with Crippen LogP contribution in [0, 0.1) is 0 Å². The number of thiazole rings is 1. The van der Waals surface area contributed by atoms with Crippen LogP contribution in [0.1, 0.15) is 30.7 Å². The van der Waals surface area contributed by atoms with Crippen molar-refractivity contribution >= 4 is 21.4 Å². The summed E-state index contributed by atoms with van der Waals surface area (Å²) in [6.45, 7) is 3.25. The van der Waals surface area contributed by atoms with Gasteiger partial charge in [-0.25, -0.2) is 18.1 Å². The predicted molar refractivity (Wildman–Crippen MR) is 75.5 cm³/mol. The molecule has 0 spiro atoms. The van der Waals surface area contributed by atoms with Gasteiger partial charge in [-0.1, -0.05) is 6.92 Å². The fraction of sp³-hybridized carbons (Fsp3) is 0.727. The number of nitrogens with zero attached hydrogens (tertiary/aromatic N) is 1. The van der Waals surface area contributed by atoms with E-state index in [0.29, 0.717) is 13.0 Å². The number of nitrogens with one attached hydrogen (secondary N) is 2. The number of unbranched alkanes of at least 4 members (excludes halogenated alkanes) is 1. The molecule has 0 saturated heterocycles. The van der Waals surface area contributed by atoms with Gasteiger partial charge in [0.05, 0.1) is 10.8 Å². The monoisotopic (exact) mass is 291 g/mol. The lowest BCUT2D eigenvalue weighted by molar-refractivity contribution is 0.569. The lowest BCUT2D eigenvalue weighted by atomic mass is 10.2. The van der Waals surface area contributed by atoms with E-state index in [1.54, 1.807) is 17.5 Å². The summed E-state index contributed by atoms with van der Waals surface area (Å²) in [4.78, 5) is 4.18. The van der Waals surface area contributed by atoms with E-state index < -0.39 is 10.0 Å². The molecule has 0 radical (unpaired) electrons. The molecule has 5 nitrogen and oxygen atoms in total. The van der Waals surface area contributed by atoms with Gasteiger partial charge in [-0.2, -0.15) is 0 Å². The van der Waals surface area contributed by atoms with Crippen molar-refractivity contribution in [3.05, 3.63) is 16.6 Å². The van der Waals surface area contributed by atoms with Gasteiger partial charge in [0.15, 0.2) is 0 Å². The number of hydrogen-bond acceptors (Lipinski definition) is 5. The van der Waals surface area contributed by atoms with Crippen molar-refractivity contribution in [1.82, 2.24) is 15.0 Å². The third-order valence-corrected chi connectivity index (χ3v) is 5.01. The first-order chi connectivity index (χ1) is 8.55. The Labute approximate surface area is 113 Å². The molecular weight excluding hydrogens is 270 g/mol. The summed E-state index contributed by atoms with van der Waals surface area (Å²) in [7, 11) is -1.29. The molecule has 1 aromatic heterocycles. The van der Waals surface area contributed by atoms with Gasteiger partial charge in [0.2, 0.25) is 10.0 Å². The van der Waals surface area contributed by atoms with Crippen molar-refractivity contribution in [3.63, 3.8) is 0 Å². The Kier molecular flexibility index (Phi) is 6.77. The largest absolute Gasteiger partial charge is 0.320 e. The summed E-state index contributed by atoms with van der Waals surface area (Å²) in [6, 6.07) is 0. The highest BCUT2D eigenvalue weighted by Crippen LogP contribution is 2.16. The molecule has 1 heterocycles. The molecule has 0 aliphatic heterocycles. The number of sulfonamides is 1. The second-order valence-corrected chi connectivity index (χ2v) is 7.10. The Morgan fingerprint density at radius 2 is 2.22 bits per heavy atom. The summed E-state index contributed by atoms with van der Waals surface area (Å²) < 4.78 is 26.1. The number of aromatic nitrogens is 1. The van der Waals surface area contributed by atoms with Crippen molar-refractivity contribution < 1.29 is 8.42 Å². The molecule has 1 aromatic rings. The van der Waals surface area contributed by atoms with E-state index in [0.717, 1.165) is 18.0 Å². The zero-order valence-corrected chi connectivity index (χ0v) is 12.5. The zero-order chi connectivity index (χ0) is 13.4. The van der Waals surface area contributed by atoms with Crippen molar-refractivity contribution in [1.29, 1.82) is 0 Å². The highest BCUT2D eigenvalue weighted by molar-refractivity contribution is 7.89. The average molecular weight is 291 g/mol. The van der Waals surface area contributed by atoms with E-state index in [2.05, 4.69) is 15.0 Å². The Hall–Kier alpha value is -0.500. The van der Waals surface area contributed by atoms with Gasteiger partial charge in [0.1, 0.15) is 0 Å². The van der Waals surface area contributed by atoms with E-state index in [-0.39, 0.29) is 11.7 Å². The van der Waals surface area contributed by atoms with Crippen LogP contribution < -0.4 is 10.0 Å². The van der Waals surface area contributed by atoms with Crippen molar-refractivity contribution in [3.8, 4) is 0 Å². The topological polar surface area (TPSA) is 71.1 Å². The SMILES string of the molecule is CNCCCCS(=O)(=O)NCC(C)c1nccs1. The van der Waals surface area contributed by atoms with Gasteiger partial charge in [-0.05, 0) is 26.4 Å². The molecular formula is C11H21N3O2S2. The van der Waals surface area contributed by atoms with Gasteiger partial charge >= 0.3 is 0 Å². The van der Waals surface area contributed by atoms with Crippen LogP contribution in [-0.4, -0.2) is 39.3 Å². The fourth-order valence-corrected chi connectivity index (χ4v) is 3.41. The summed E-state index contributed by atoms with van der Waals surface area (Å²) in [6.07, 6.45) is 3.30. The summed E-state index contributed by atoms with van der Waals surface area (Å²) in [5.41, 5.74) is 0. The Bertz CT molecular complexity index is 418. The van der Waals surface area contributed by atoms with Gasteiger partial charge < -0.3 is 5.32 Å². The first-order valence-corrected chi connectivity index (χ1v) is 8.59. The Balaban J connectivity index is 2.28. The minimum absolute atomic E-state index is 0.122. The van der Waals surface area contributed by atoms with Crippen LogP contribution >= 0.6 is 11.3 Å². The van der Waals surface area contributed by atoms with E-state index in [9.17, 15) is 8.42 Å². The molecule has 0 aromatic carbocycles. The first-order valence-electron chi connectivity index (χ1n) is 6.06. The van der Waals surface area contributed by atoms with Crippen LogP contribution in [0.4, 0.5) is 0 Å². The lowest BCUT2D eigenvalue weighted by Crippen LogP contribution is -2.30. The van der Waals surface area contributed by atoms with E-state index in [1.165, 1.54) is 0 Å². The minimum atomic E-state index is -3.15. The standard InChI is InChI=1S/C11H21N3O2S2/c1-10(11-13-6-7-17-11)9-14-18(15,16)8-4-3-5-12-2/h6-7,10,12,14H,3-5,8-9H2,1-2H3. The molecule has 0 aliphatic rings. The molecule has 1 unspecified atom stereocenters. The normalized spacial score (nSPS) is 13.7. The third-order valence-electron chi connectivity index (χ3n) is 2.57. The molecule has 1 rings (SSSR count). The second kappa shape index (κ2) is 7.83. The third kappa shape index (κ3) is 5.90. The fourth-order valence-electron chi connectivity index (χ4n) is 1.48. The van der Waals surface area contributed by atoms with E-state index in [1.807, 2.05) is 19.4 Å².